The number of nitrogens with one attached hydrogen (secondary N) is 2. The van der Waals surface area contributed by atoms with Crippen molar-refractivity contribution in [3.05, 3.63) is 83.4 Å². The summed E-state index contributed by atoms with van der Waals surface area (Å²) in [6.45, 7) is 6.54. The first kappa shape index (κ1) is 22.0. The van der Waals surface area contributed by atoms with Gasteiger partial charge in [0.05, 0.1) is 5.52 Å². The Morgan fingerprint density at radius 3 is 2.59 bits per heavy atom. The summed E-state index contributed by atoms with van der Waals surface area (Å²) >= 11 is 0. The third kappa shape index (κ3) is 4.75. The maximum absolute atomic E-state index is 13.1. The number of aromatic nitrogens is 2. The number of ether oxygens (including phenoxy) is 1. The lowest BCUT2D eigenvalue weighted by molar-refractivity contribution is 0.102. The van der Waals surface area contributed by atoms with Crippen LogP contribution in [0, 0.1) is 6.92 Å². The Kier molecular flexibility index (Phi) is 6.18. The van der Waals surface area contributed by atoms with E-state index in [1.807, 2.05) is 67.6 Å². The van der Waals surface area contributed by atoms with Crippen molar-refractivity contribution in [3.8, 4) is 5.75 Å². The summed E-state index contributed by atoms with van der Waals surface area (Å²) in [6.07, 6.45) is 0. The molecule has 0 aliphatic carbocycles. The fourth-order valence-corrected chi connectivity index (χ4v) is 4.26. The zero-order chi connectivity index (χ0) is 23.5. The second-order valence-corrected chi connectivity index (χ2v) is 8.80. The first-order chi connectivity index (χ1) is 16.6. The molecule has 2 heterocycles. The monoisotopic (exact) mass is 455 g/mol. The zero-order valence-corrected chi connectivity index (χ0v) is 19.5. The molecule has 7 heteroatoms. The average molecular weight is 456 g/mol. The zero-order valence-electron chi connectivity index (χ0n) is 19.5. The number of benzene rings is 3. The Hall–Kier alpha value is -3.84. The number of H-pyrrole nitrogens is 1. The van der Waals surface area contributed by atoms with Crippen LogP contribution >= 0.6 is 0 Å². The van der Waals surface area contributed by atoms with E-state index in [4.69, 9.17) is 4.74 Å². The normalized spacial score (nSPS) is 14.4. The molecule has 7 nitrogen and oxygen atoms in total. The van der Waals surface area contributed by atoms with E-state index >= 15 is 0 Å². The van der Waals surface area contributed by atoms with Gasteiger partial charge in [-0.15, -0.1) is 0 Å². The lowest BCUT2D eigenvalue weighted by atomic mass is 10.1. The third-order valence-electron chi connectivity index (χ3n) is 6.34. The molecule has 3 aromatic carbocycles. The average Bonchev–Trinajstić information content (AvgIpc) is 3.25. The maximum Gasteiger partial charge on any atom is 0.257 e. The first-order valence-corrected chi connectivity index (χ1v) is 11.6. The quantitative estimate of drug-likeness (QED) is 0.449. The smallest absolute Gasteiger partial charge is 0.257 e. The minimum absolute atomic E-state index is 0.175. The largest absolute Gasteiger partial charge is 0.489 e. The van der Waals surface area contributed by atoms with Gasteiger partial charge in [-0.25, -0.2) is 0 Å². The summed E-state index contributed by atoms with van der Waals surface area (Å²) in [5.41, 5.74) is 4.68. The van der Waals surface area contributed by atoms with Crippen LogP contribution in [0.3, 0.4) is 0 Å². The van der Waals surface area contributed by atoms with Crippen LogP contribution in [0.1, 0.15) is 21.5 Å². The topological polar surface area (TPSA) is 73.5 Å². The number of aryl methyl sites for hydroxylation is 1. The van der Waals surface area contributed by atoms with Gasteiger partial charge >= 0.3 is 0 Å². The summed E-state index contributed by atoms with van der Waals surface area (Å²) in [5.74, 6) is 1.04. The number of hydrogen-bond acceptors (Lipinski definition) is 5. The molecule has 1 saturated heterocycles. The predicted octanol–water partition coefficient (Wildman–Crippen LogP) is 4.45. The van der Waals surface area contributed by atoms with E-state index in [1.165, 1.54) is 0 Å². The molecular formula is C27H29N5O2. The highest BCUT2D eigenvalue weighted by atomic mass is 16.5. The number of nitrogens with zero attached hydrogens (tertiary/aromatic N) is 3. The molecule has 0 spiro atoms. The van der Waals surface area contributed by atoms with Gasteiger partial charge in [-0.05, 0) is 61.5 Å². The lowest BCUT2D eigenvalue weighted by Crippen LogP contribution is -2.44. The van der Waals surface area contributed by atoms with Crippen molar-refractivity contribution in [3.63, 3.8) is 0 Å². The van der Waals surface area contributed by atoms with Crippen LogP contribution in [0.2, 0.25) is 0 Å². The summed E-state index contributed by atoms with van der Waals surface area (Å²) in [7, 11) is 2.15. The van der Waals surface area contributed by atoms with Gasteiger partial charge in [0.1, 0.15) is 12.4 Å². The van der Waals surface area contributed by atoms with Crippen LogP contribution in [-0.4, -0.2) is 54.2 Å². The Labute approximate surface area is 199 Å². The summed E-state index contributed by atoms with van der Waals surface area (Å²) < 4.78 is 5.95. The molecule has 0 unspecified atom stereocenters. The van der Waals surface area contributed by atoms with Crippen molar-refractivity contribution in [1.29, 1.82) is 0 Å². The number of hydrogen-bond donors (Lipinski definition) is 2. The van der Waals surface area contributed by atoms with E-state index in [-0.39, 0.29) is 5.91 Å². The molecule has 5 rings (SSSR count). The molecule has 1 amide bonds. The van der Waals surface area contributed by atoms with Crippen LogP contribution in [0.25, 0.3) is 10.9 Å². The van der Waals surface area contributed by atoms with E-state index in [1.54, 1.807) is 0 Å². The fraction of sp³-hybridized carbons (Fsp3) is 0.259. The van der Waals surface area contributed by atoms with Gasteiger partial charge in [-0.1, -0.05) is 30.3 Å². The standard InChI is InChI=1S/C27H29N5O2/c1-19-16-21(32-14-12-31(2)13-15-32)8-10-23(19)27(33)28-26-24-17-22(9-11-25(24)29-30-26)34-18-20-6-4-3-5-7-20/h3-11,16-17H,12-15,18H2,1-2H3,(H2,28,29,30,33). The molecule has 0 radical (unpaired) electrons. The molecule has 4 aromatic rings. The summed E-state index contributed by atoms with van der Waals surface area (Å²) in [4.78, 5) is 17.8. The number of fused-ring (bicyclic) bond motifs is 1. The maximum atomic E-state index is 13.1. The number of carbonyl (C=O) groups is 1. The summed E-state index contributed by atoms with van der Waals surface area (Å²) in [5, 5.41) is 11.1. The Morgan fingerprint density at radius 1 is 1.03 bits per heavy atom. The molecule has 2 N–H and O–H groups in total. The van der Waals surface area contributed by atoms with Crippen LogP contribution in [0.4, 0.5) is 11.5 Å². The molecule has 1 aliphatic heterocycles. The number of rotatable bonds is 6. The molecule has 174 valence electrons. The number of aromatic amines is 1. The minimum Gasteiger partial charge on any atom is -0.489 e. The highest BCUT2D eigenvalue weighted by Crippen LogP contribution is 2.27. The number of piperazine rings is 1. The summed E-state index contributed by atoms with van der Waals surface area (Å²) in [6, 6.07) is 21.8. The van der Waals surface area contributed by atoms with Crippen LogP contribution in [0.5, 0.6) is 5.75 Å². The molecule has 0 saturated carbocycles. The van der Waals surface area contributed by atoms with E-state index in [0.717, 1.165) is 59.6 Å². The van der Waals surface area contributed by atoms with Gasteiger partial charge in [0, 0.05) is 42.8 Å². The predicted molar refractivity (Wildman–Crippen MR) is 136 cm³/mol. The number of amides is 1. The second-order valence-electron chi connectivity index (χ2n) is 8.80. The highest BCUT2D eigenvalue weighted by molar-refractivity contribution is 6.08. The fourth-order valence-electron chi connectivity index (χ4n) is 4.26. The van der Waals surface area contributed by atoms with Gasteiger partial charge < -0.3 is 19.9 Å². The van der Waals surface area contributed by atoms with Crippen LogP contribution < -0.4 is 15.0 Å². The van der Waals surface area contributed by atoms with E-state index in [2.05, 4.69) is 38.4 Å². The van der Waals surface area contributed by atoms with E-state index in [9.17, 15) is 4.79 Å². The number of likely N-dealkylation sites (N-methyl/N-ethyl adjacent to an activating group) is 1. The van der Waals surface area contributed by atoms with Gasteiger partial charge in [0.2, 0.25) is 0 Å². The number of anilines is 2. The van der Waals surface area contributed by atoms with Gasteiger partial charge in [0.25, 0.3) is 5.91 Å². The van der Waals surface area contributed by atoms with Gasteiger partial charge in [-0.3, -0.25) is 9.89 Å². The van der Waals surface area contributed by atoms with Crippen molar-refractivity contribution in [2.45, 2.75) is 13.5 Å². The molecule has 1 aromatic heterocycles. The van der Waals surface area contributed by atoms with Crippen LogP contribution in [-0.2, 0) is 6.61 Å². The highest BCUT2D eigenvalue weighted by Gasteiger charge is 2.18. The molecule has 1 fully saturated rings. The Morgan fingerprint density at radius 2 is 1.82 bits per heavy atom. The first-order valence-electron chi connectivity index (χ1n) is 11.6. The molecule has 0 atom stereocenters. The minimum atomic E-state index is -0.175. The van der Waals surface area contributed by atoms with Gasteiger partial charge in [-0.2, -0.15) is 5.10 Å². The molecular weight excluding hydrogens is 426 g/mol. The van der Waals surface area contributed by atoms with E-state index < -0.39 is 0 Å². The van der Waals surface area contributed by atoms with Crippen molar-refractivity contribution in [2.24, 2.45) is 0 Å². The second kappa shape index (κ2) is 9.57. The SMILES string of the molecule is Cc1cc(N2CCN(C)CC2)ccc1C(=O)Nc1n[nH]c2ccc(OCc3ccccc3)cc12. The van der Waals surface area contributed by atoms with Crippen molar-refractivity contribution < 1.29 is 9.53 Å². The van der Waals surface area contributed by atoms with Crippen molar-refractivity contribution in [2.75, 3.05) is 43.4 Å². The number of carbonyl (C=O) groups excluding carboxylic acids is 1. The molecule has 1 aliphatic rings. The van der Waals surface area contributed by atoms with Crippen molar-refractivity contribution in [1.82, 2.24) is 15.1 Å². The third-order valence-corrected chi connectivity index (χ3v) is 6.34. The molecule has 0 bridgehead atoms. The van der Waals surface area contributed by atoms with Crippen molar-refractivity contribution >= 4 is 28.3 Å². The molecule has 34 heavy (non-hydrogen) atoms. The van der Waals surface area contributed by atoms with Gasteiger partial charge in [0.15, 0.2) is 5.82 Å². The Bertz CT molecular complexity index is 1290. The lowest BCUT2D eigenvalue weighted by Gasteiger charge is -2.34. The Balaban J connectivity index is 1.30. The van der Waals surface area contributed by atoms with E-state index in [0.29, 0.717) is 18.0 Å². The van der Waals surface area contributed by atoms with Crippen LogP contribution in [0.15, 0.2) is 66.7 Å².